The van der Waals surface area contributed by atoms with Gasteiger partial charge in [-0.25, -0.2) is 18.1 Å². The first-order valence-electron chi connectivity index (χ1n) is 9.51. The van der Waals surface area contributed by atoms with Crippen LogP contribution in [0.2, 0.25) is 0 Å². The molecule has 11 heteroatoms. The van der Waals surface area contributed by atoms with Crippen LogP contribution in [0.15, 0.2) is 59.5 Å². The summed E-state index contributed by atoms with van der Waals surface area (Å²) in [4.78, 5) is 7.90. The normalized spacial score (nSPS) is 12.1. The van der Waals surface area contributed by atoms with E-state index in [4.69, 9.17) is 10.5 Å². The lowest BCUT2D eigenvalue weighted by molar-refractivity contribution is -0.154. The molecule has 170 valence electrons. The molecule has 0 saturated heterocycles. The highest BCUT2D eigenvalue weighted by molar-refractivity contribution is 7.92. The predicted molar refractivity (Wildman–Crippen MR) is 115 cm³/mol. The van der Waals surface area contributed by atoms with E-state index in [1.54, 1.807) is 12.1 Å². The first kappa shape index (κ1) is 23.3. The quantitative estimate of drug-likeness (QED) is 0.493. The van der Waals surface area contributed by atoms with Crippen LogP contribution in [0.4, 0.5) is 24.8 Å². The minimum atomic E-state index is -4.60. The minimum absolute atomic E-state index is 0.0770. The van der Waals surface area contributed by atoms with Gasteiger partial charge in [-0.3, -0.25) is 0 Å². The van der Waals surface area contributed by atoms with Crippen LogP contribution >= 0.6 is 0 Å². The number of sulfonamides is 1. The summed E-state index contributed by atoms with van der Waals surface area (Å²) in [6, 6.07) is 13.9. The molecule has 0 atom stereocenters. The zero-order valence-corrected chi connectivity index (χ0v) is 18.0. The zero-order chi connectivity index (χ0) is 23.5. The molecule has 1 aromatic heterocycles. The Labute approximate surface area is 183 Å². The van der Waals surface area contributed by atoms with Gasteiger partial charge in [-0.1, -0.05) is 44.2 Å². The molecule has 0 radical (unpaired) electrons. The molecule has 1 heterocycles. The van der Waals surface area contributed by atoms with Crippen molar-refractivity contribution in [3.8, 4) is 17.1 Å². The van der Waals surface area contributed by atoms with Gasteiger partial charge in [-0.15, -0.1) is 0 Å². The maximum Gasteiger partial charge on any atom is 0.422 e. The summed E-state index contributed by atoms with van der Waals surface area (Å²) in [5, 5.41) is 0. The van der Waals surface area contributed by atoms with Crippen molar-refractivity contribution in [1.82, 2.24) is 9.97 Å². The number of hydrogen-bond donors (Lipinski definition) is 2. The van der Waals surface area contributed by atoms with Crippen LogP contribution < -0.4 is 15.2 Å². The molecule has 32 heavy (non-hydrogen) atoms. The van der Waals surface area contributed by atoms with E-state index < -0.39 is 34.6 Å². The van der Waals surface area contributed by atoms with Crippen molar-refractivity contribution >= 4 is 21.7 Å². The Morgan fingerprint density at radius 2 is 1.78 bits per heavy atom. The third kappa shape index (κ3) is 5.88. The molecule has 2 aromatic carbocycles. The van der Waals surface area contributed by atoms with Gasteiger partial charge in [-0.05, 0) is 29.7 Å². The molecule has 0 unspecified atom stereocenters. The number of rotatable bonds is 7. The number of nitrogen functional groups attached to an aromatic ring is 1. The van der Waals surface area contributed by atoms with Crippen molar-refractivity contribution in [2.24, 2.45) is 0 Å². The number of anilines is 2. The third-order valence-electron chi connectivity index (χ3n) is 4.34. The Balaban J connectivity index is 2.07. The Bertz CT molecular complexity index is 1210. The maximum atomic E-state index is 12.7. The van der Waals surface area contributed by atoms with Crippen molar-refractivity contribution in [3.63, 3.8) is 0 Å². The van der Waals surface area contributed by atoms with Gasteiger partial charge in [0.25, 0.3) is 10.0 Å². The highest BCUT2D eigenvalue weighted by atomic mass is 32.2. The number of hydrogen-bond acceptors (Lipinski definition) is 6. The monoisotopic (exact) mass is 466 g/mol. The van der Waals surface area contributed by atoms with Gasteiger partial charge < -0.3 is 10.5 Å². The van der Waals surface area contributed by atoms with E-state index in [0.717, 1.165) is 5.56 Å². The van der Waals surface area contributed by atoms with E-state index in [0.29, 0.717) is 5.56 Å². The molecule has 0 aliphatic heterocycles. The molecule has 3 N–H and O–H groups in total. The first-order valence-corrected chi connectivity index (χ1v) is 11.0. The number of alkyl halides is 3. The summed E-state index contributed by atoms with van der Waals surface area (Å²) in [6.07, 6.45) is -4.60. The molecule has 0 spiro atoms. The lowest BCUT2D eigenvalue weighted by atomic mass is 9.95. The summed E-state index contributed by atoms with van der Waals surface area (Å²) >= 11 is 0. The standard InChI is InChI=1S/C21H21F3N4O3S/c1-13(2)16-8-3-4-9-17(16)18-11-19(31-12-21(22,23)24)27-20(26-18)28-32(29,30)15-7-5-6-14(25)10-15/h3-11,13H,12,25H2,1-2H3,(H,26,27,28). The van der Waals surface area contributed by atoms with Gasteiger partial charge in [0.1, 0.15) is 0 Å². The maximum absolute atomic E-state index is 12.7. The summed E-state index contributed by atoms with van der Waals surface area (Å²) in [6.45, 7) is 2.31. The lowest BCUT2D eigenvalue weighted by Gasteiger charge is -2.15. The van der Waals surface area contributed by atoms with Crippen LogP contribution in [0.25, 0.3) is 11.3 Å². The lowest BCUT2D eigenvalue weighted by Crippen LogP contribution is -2.20. The number of ether oxygens (including phenoxy) is 1. The zero-order valence-electron chi connectivity index (χ0n) is 17.2. The summed E-state index contributed by atoms with van der Waals surface area (Å²) in [5.74, 6) is -0.773. The molecule has 0 aliphatic carbocycles. The third-order valence-corrected chi connectivity index (χ3v) is 5.66. The molecular formula is C21H21F3N4O3S. The fourth-order valence-electron chi connectivity index (χ4n) is 2.93. The van der Waals surface area contributed by atoms with Crippen molar-refractivity contribution in [2.45, 2.75) is 30.8 Å². The van der Waals surface area contributed by atoms with Crippen molar-refractivity contribution < 1.29 is 26.3 Å². The van der Waals surface area contributed by atoms with E-state index in [1.807, 2.05) is 26.0 Å². The summed E-state index contributed by atoms with van der Waals surface area (Å²) in [7, 11) is -4.15. The van der Waals surface area contributed by atoms with E-state index >= 15 is 0 Å². The first-order chi connectivity index (χ1) is 14.9. The molecule has 0 saturated carbocycles. The van der Waals surface area contributed by atoms with Gasteiger partial charge in [0.15, 0.2) is 6.61 Å². The number of nitrogens with two attached hydrogens (primary N) is 1. The second-order valence-corrected chi connectivity index (χ2v) is 8.92. The minimum Gasteiger partial charge on any atom is -0.468 e. The molecule has 7 nitrogen and oxygen atoms in total. The smallest absolute Gasteiger partial charge is 0.422 e. The number of nitrogens with one attached hydrogen (secondary N) is 1. The van der Waals surface area contributed by atoms with Gasteiger partial charge in [0.05, 0.1) is 10.6 Å². The molecule has 0 fully saturated rings. The van der Waals surface area contributed by atoms with Gasteiger partial charge in [0.2, 0.25) is 11.8 Å². The van der Waals surface area contributed by atoms with E-state index in [1.165, 1.54) is 30.3 Å². The average Bonchev–Trinajstić information content (AvgIpc) is 2.71. The fraction of sp³-hybridized carbons (Fsp3) is 0.238. The number of nitrogens with zero attached hydrogens (tertiary/aromatic N) is 2. The average molecular weight is 466 g/mol. The van der Waals surface area contributed by atoms with Crippen LogP contribution in [0.1, 0.15) is 25.3 Å². The Morgan fingerprint density at radius 1 is 1.06 bits per heavy atom. The Hall–Kier alpha value is -3.34. The molecular weight excluding hydrogens is 445 g/mol. The van der Waals surface area contributed by atoms with Gasteiger partial charge in [-0.2, -0.15) is 18.2 Å². The van der Waals surface area contributed by atoms with E-state index in [9.17, 15) is 21.6 Å². The van der Waals surface area contributed by atoms with Crippen LogP contribution in [-0.2, 0) is 10.0 Å². The van der Waals surface area contributed by atoms with Crippen molar-refractivity contribution in [2.75, 3.05) is 17.1 Å². The van der Waals surface area contributed by atoms with Gasteiger partial charge in [0, 0.05) is 17.3 Å². The van der Waals surface area contributed by atoms with Crippen molar-refractivity contribution in [1.29, 1.82) is 0 Å². The topological polar surface area (TPSA) is 107 Å². The number of benzene rings is 2. The largest absolute Gasteiger partial charge is 0.468 e. The number of aromatic nitrogens is 2. The molecule has 3 aromatic rings. The Kier molecular flexibility index (Phi) is 6.58. The van der Waals surface area contributed by atoms with Crippen LogP contribution in [-0.4, -0.2) is 31.2 Å². The van der Waals surface area contributed by atoms with Crippen molar-refractivity contribution in [3.05, 3.63) is 60.2 Å². The summed E-state index contributed by atoms with van der Waals surface area (Å²) < 4.78 is 70.5. The van der Waals surface area contributed by atoms with Gasteiger partial charge >= 0.3 is 6.18 Å². The number of halogens is 3. The van der Waals surface area contributed by atoms with Crippen LogP contribution in [0.3, 0.4) is 0 Å². The van der Waals surface area contributed by atoms with Crippen LogP contribution in [0, 0.1) is 0 Å². The fourth-order valence-corrected chi connectivity index (χ4v) is 3.93. The predicted octanol–water partition coefficient (Wildman–Crippen LogP) is 4.59. The SMILES string of the molecule is CC(C)c1ccccc1-c1cc(OCC(F)(F)F)nc(NS(=O)(=O)c2cccc(N)c2)n1. The molecule has 0 bridgehead atoms. The second-order valence-electron chi connectivity index (χ2n) is 7.24. The molecule has 3 rings (SSSR count). The van der Waals surface area contributed by atoms with E-state index in [2.05, 4.69) is 14.7 Å². The highest BCUT2D eigenvalue weighted by Gasteiger charge is 2.29. The van der Waals surface area contributed by atoms with Crippen LogP contribution in [0.5, 0.6) is 5.88 Å². The Morgan fingerprint density at radius 3 is 2.44 bits per heavy atom. The summed E-state index contributed by atoms with van der Waals surface area (Å²) in [5.41, 5.74) is 7.58. The highest BCUT2D eigenvalue weighted by Crippen LogP contribution is 2.31. The second kappa shape index (κ2) is 9.03. The van der Waals surface area contributed by atoms with E-state index in [-0.39, 0.29) is 22.2 Å². The molecule has 0 amide bonds. The molecule has 0 aliphatic rings.